The molecular weight excluding hydrogens is 471 g/mol. The average molecular weight is 491 g/mol. The van der Waals surface area contributed by atoms with Crippen LogP contribution in [-0.2, 0) is 21.4 Å². The molecule has 0 saturated carbocycles. The number of sulfonamides is 1. The molecule has 1 N–H and O–H groups in total. The quantitative estimate of drug-likeness (QED) is 0.545. The van der Waals surface area contributed by atoms with Crippen LogP contribution in [0.25, 0.3) is 0 Å². The summed E-state index contributed by atoms with van der Waals surface area (Å²) < 4.78 is 52.7. The van der Waals surface area contributed by atoms with Crippen LogP contribution in [0.3, 0.4) is 0 Å². The van der Waals surface area contributed by atoms with Gasteiger partial charge >= 0.3 is 0 Å². The first-order valence-corrected chi connectivity index (χ1v) is 11.8. The number of anilines is 1. The molecule has 0 unspecified atom stereocenters. The van der Waals surface area contributed by atoms with Gasteiger partial charge < -0.3 is 14.8 Å². The third-order valence-electron chi connectivity index (χ3n) is 4.89. The van der Waals surface area contributed by atoms with Crippen LogP contribution in [0.15, 0.2) is 71.6 Å². The number of rotatable bonds is 7. The summed E-state index contributed by atoms with van der Waals surface area (Å²) >= 11 is 5.87. The summed E-state index contributed by atoms with van der Waals surface area (Å²) in [5.41, 5.74) is 0.811. The molecule has 0 spiro atoms. The van der Waals surface area contributed by atoms with E-state index in [0.29, 0.717) is 17.4 Å². The van der Waals surface area contributed by atoms with Crippen LogP contribution in [0.4, 0.5) is 10.1 Å². The highest BCUT2D eigenvalue weighted by molar-refractivity contribution is 7.92. The molecule has 1 amide bonds. The van der Waals surface area contributed by atoms with Gasteiger partial charge in [0.05, 0.1) is 10.6 Å². The Bertz CT molecular complexity index is 1270. The zero-order valence-electron chi connectivity index (χ0n) is 17.3. The van der Waals surface area contributed by atoms with Gasteiger partial charge in [0, 0.05) is 17.6 Å². The Balaban J connectivity index is 1.60. The SMILES string of the molecule is O=C(CN(c1cccc(F)c1)S(=O)(=O)c1ccc2c(c1)OCCO2)NCc1ccc(Cl)cc1. The average Bonchev–Trinajstić information content (AvgIpc) is 2.81. The summed E-state index contributed by atoms with van der Waals surface area (Å²) in [5, 5.41) is 3.24. The number of ether oxygens (including phenoxy) is 2. The van der Waals surface area contributed by atoms with E-state index in [2.05, 4.69) is 5.32 Å². The third-order valence-corrected chi connectivity index (χ3v) is 6.91. The standard InChI is InChI=1S/C23H20ClFN2O5S/c24-17-6-4-16(5-7-17)14-26-23(28)15-27(19-3-1-2-18(25)12-19)33(29,30)20-8-9-21-22(13-20)32-11-10-31-21/h1-9,12-13H,10-11,14-15H2,(H,26,28). The lowest BCUT2D eigenvalue weighted by molar-refractivity contribution is -0.119. The lowest BCUT2D eigenvalue weighted by Crippen LogP contribution is -2.40. The zero-order chi connectivity index (χ0) is 23.4. The first-order valence-electron chi connectivity index (χ1n) is 10.0. The number of nitrogens with zero attached hydrogens (tertiary/aromatic N) is 1. The molecule has 3 aromatic rings. The number of nitrogens with one attached hydrogen (secondary N) is 1. The van der Waals surface area contributed by atoms with E-state index in [0.717, 1.165) is 15.9 Å². The normalized spacial score (nSPS) is 12.8. The first-order chi connectivity index (χ1) is 15.8. The predicted molar refractivity (Wildman–Crippen MR) is 122 cm³/mol. The van der Waals surface area contributed by atoms with Crippen molar-refractivity contribution in [3.8, 4) is 11.5 Å². The minimum absolute atomic E-state index is 0.0199. The zero-order valence-corrected chi connectivity index (χ0v) is 18.9. The number of hydrogen-bond donors (Lipinski definition) is 1. The fourth-order valence-corrected chi connectivity index (χ4v) is 4.80. The molecule has 1 heterocycles. The van der Waals surface area contributed by atoms with E-state index in [9.17, 15) is 17.6 Å². The molecule has 0 saturated heterocycles. The summed E-state index contributed by atoms with van der Waals surface area (Å²) in [4.78, 5) is 12.6. The summed E-state index contributed by atoms with van der Waals surface area (Å²) in [5.74, 6) is -0.473. The van der Waals surface area contributed by atoms with Gasteiger partial charge in [0.15, 0.2) is 11.5 Å². The second-order valence-electron chi connectivity index (χ2n) is 7.20. The maximum atomic E-state index is 13.9. The van der Waals surface area contributed by atoms with Crippen LogP contribution in [0.1, 0.15) is 5.56 Å². The third kappa shape index (κ3) is 5.37. The highest BCUT2D eigenvalue weighted by Gasteiger charge is 2.29. The number of carbonyl (C=O) groups is 1. The highest BCUT2D eigenvalue weighted by atomic mass is 35.5. The van der Waals surface area contributed by atoms with Gasteiger partial charge in [0.2, 0.25) is 5.91 Å². The Kier molecular flexibility index (Phi) is 6.71. The fraction of sp³-hybridized carbons (Fsp3) is 0.174. The van der Waals surface area contributed by atoms with Crippen molar-refractivity contribution in [2.24, 2.45) is 0 Å². The lowest BCUT2D eigenvalue weighted by Gasteiger charge is -2.25. The van der Waals surface area contributed by atoms with E-state index < -0.39 is 28.3 Å². The molecule has 0 radical (unpaired) electrons. The first kappa shape index (κ1) is 22.9. The smallest absolute Gasteiger partial charge is 0.264 e. The molecule has 0 atom stereocenters. The molecule has 0 fully saturated rings. The molecular formula is C23H20ClFN2O5S. The van der Waals surface area contributed by atoms with Gasteiger partial charge in [-0.25, -0.2) is 12.8 Å². The number of amides is 1. The summed E-state index contributed by atoms with van der Waals surface area (Å²) in [6.07, 6.45) is 0. The van der Waals surface area contributed by atoms with Gasteiger partial charge in [0.25, 0.3) is 10.0 Å². The molecule has 0 bridgehead atoms. The highest BCUT2D eigenvalue weighted by Crippen LogP contribution is 2.34. The molecule has 1 aliphatic rings. The van der Waals surface area contributed by atoms with Gasteiger partial charge in [-0.2, -0.15) is 0 Å². The topological polar surface area (TPSA) is 84.9 Å². The van der Waals surface area contributed by atoms with Crippen molar-refractivity contribution in [2.75, 3.05) is 24.1 Å². The number of hydrogen-bond acceptors (Lipinski definition) is 5. The molecule has 0 aromatic heterocycles. The maximum Gasteiger partial charge on any atom is 0.264 e. The van der Waals surface area contributed by atoms with Crippen molar-refractivity contribution < 1.29 is 27.1 Å². The fourth-order valence-electron chi connectivity index (χ4n) is 3.25. The van der Waals surface area contributed by atoms with E-state index in [1.165, 1.54) is 36.4 Å². The molecule has 3 aromatic carbocycles. The molecule has 4 rings (SSSR count). The Morgan fingerprint density at radius 1 is 1.00 bits per heavy atom. The van der Waals surface area contributed by atoms with Crippen molar-refractivity contribution in [3.63, 3.8) is 0 Å². The molecule has 10 heteroatoms. The van der Waals surface area contributed by atoms with Gasteiger partial charge in [-0.05, 0) is 48.0 Å². The number of halogens is 2. The molecule has 33 heavy (non-hydrogen) atoms. The van der Waals surface area contributed by atoms with Gasteiger partial charge in [-0.15, -0.1) is 0 Å². The van der Waals surface area contributed by atoms with Crippen molar-refractivity contribution in [1.29, 1.82) is 0 Å². The second kappa shape index (κ2) is 9.68. The van der Waals surface area contributed by atoms with Gasteiger partial charge in [-0.1, -0.05) is 29.8 Å². The van der Waals surface area contributed by atoms with E-state index in [-0.39, 0.29) is 29.5 Å². The van der Waals surface area contributed by atoms with E-state index in [1.807, 2.05) is 0 Å². The van der Waals surface area contributed by atoms with Crippen LogP contribution >= 0.6 is 11.6 Å². The van der Waals surface area contributed by atoms with Crippen molar-refractivity contribution in [3.05, 3.63) is 83.1 Å². The van der Waals surface area contributed by atoms with Crippen LogP contribution in [-0.4, -0.2) is 34.1 Å². The van der Waals surface area contributed by atoms with Gasteiger partial charge in [-0.3, -0.25) is 9.10 Å². The Morgan fingerprint density at radius 3 is 2.45 bits per heavy atom. The summed E-state index contributed by atoms with van der Waals surface area (Å²) in [7, 11) is -4.24. The number of carbonyl (C=O) groups excluding carboxylic acids is 1. The monoisotopic (exact) mass is 490 g/mol. The van der Waals surface area contributed by atoms with Crippen LogP contribution < -0.4 is 19.1 Å². The second-order valence-corrected chi connectivity index (χ2v) is 9.50. The minimum atomic E-state index is -4.24. The van der Waals surface area contributed by atoms with Crippen molar-refractivity contribution in [1.82, 2.24) is 5.32 Å². The number of benzene rings is 3. The van der Waals surface area contributed by atoms with Crippen LogP contribution in [0, 0.1) is 5.82 Å². The molecule has 172 valence electrons. The van der Waals surface area contributed by atoms with Crippen LogP contribution in [0.2, 0.25) is 5.02 Å². The minimum Gasteiger partial charge on any atom is -0.486 e. The van der Waals surface area contributed by atoms with Crippen LogP contribution in [0.5, 0.6) is 11.5 Å². The predicted octanol–water partition coefficient (Wildman–Crippen LogP) is 3.76. The molecule has 1 aliphatic heterocycles. The Hall–Kier alpha value is -3.30. The Labute approximate surface area is 195 Å². The number of fused-ring (bicyclic) bond motifs is 1. The van der Waals surface area contributed by atoms with Gasteiger partial charge in [0.1, 0.15) is 25.6 Å². The lowest BCUT2D eigenvalue weighted by atomic mass is 10.2. The van der Waals surface area contributed by atoms with Crippen molar-refractivity contribution in [2.45, 2.75) is 11.4 Å². The van der Waals surface area contributed by atoms with Crippen molar-refractivity contribution >= 4 is 33.2 Å². The summed E-state index contributed by atoms with van der Waals surface area (Å²) in [6, 6.07) is 16.1. The maximum absolute atomic E-state index is 13.9. The molecule has 7 nitrogen and oxygen atoms in total. The van der Waals surface area contributed by atoms with E-state index in [4.69, 9.17) is 21.1 Å². The summed E-state index contributed by atoms with van der Waals surface area (Å²) in [6.45, 7) is 0.282. The largest absolute Gasteiger partial charge is 0.486 e. The van der Waals surface area contributed by atoms with E-state index in [1.54, 1.807) is 24.3 Å². The molecule has 0 aliphatic carbocycles. The Morgan fingerprint density at radius 2 is 1.73 bits per heavy atom. The van der Waals surface area contributed by atoms with E-state index >= 15 is 0 Å².